The van der Waals surface area contributed by atoms with Gasteiger partial charge in [0.05, 0.1) is 30.0 Å². The minimum Gasteiger partial charge on any atom is -0.497 e. The van der Waals surface area contributed by atoms with E-state index in [1.807, 2.05) is 32.0 Å². The van der Waals surface area contributed by atoms with Crippen LogP contribution in [0.5, 0.6) is 5.75 Å². The quantitative estimate of drug-likeness (QED) is 0.712. The van der Waals surface area contributed by atoms with Gasteiger partial charge in [-0.25, -0.2) is 13.1 Å². The number of hydrogen-bond acceptors (Lipinski definition) is 5. The molecule has 0 saturated carbocycles. The first-order valence-corrected chi connectivity index (χ1v) is 10.9. The molecule has 0 spiro atoms. The number of benzene rings is 2. The fourth-order valence-corrected chi connectivity index (χ4v) is 5.06. The lowest BCUT2D eigenvalue weighted by Gasteiger charge is -2.12. The van der Waals surface area contributed by atoms with Crippen LogP contribution < -0.4 is 10.1 Å². The fraction of sp³-hybridized carbons (Fsp3) is 0.238. The summed E-state index contributed by atoms with van der Waals surface area (Å²) in [6.07, 6.45) is 0. The molecule has 1 aliphatic heterocycles. The SMILES string of the molecule is COc1ccc(-n2nc3c(c2NC(=O)c2cc(C)cc(C)c2)CS(=O)(=O)C3)cc1. The van der Waals surface area contributed by atoms with E-state index in [1.54, 1.807) is 36.1 Å². The largest absolute Gasteiger partial charge is 0.497 e. The van der Waals surface area contributed by atoms with Crippen molar-refractivity contribution in [1.29, 1.82) is 0 Å². The first kappa shape index (κ1) is 19.2. The molecule has 3 aromatic rings. The third-order valence-corrected chi connectivity index (χ3v) is 6.26. The topological polar surface area (TPSA) is 90.3 Å². The number of nitrogens with zero attached hydrogens (tertiary/aromatic N) is 2. The van der Waals surface area contributed by atoms with Crippen molar-refractivity contribution in [3.8, 4) is 11.4 Å². The van der Waals surface area contributed by atoms with Crippen LogP contribution in [-0.4, -0.2) is 31.2 Å². The number of sulfone groups is 1. The summed E-state index contributed by atoms with van der Waals surface area (Å²) in [5.41, 5.74) is 4.18. The number of carbonyl (C=O) groups excluding carboxylic acids is 1. The second kappa shape index (κ2) is 7.04. The lowest BCUT2D eigenvalue weighted by Crippen LogP contribution is -2.17. The van der Waals surface area contributed by atoms with Crippen molar-refractivity contribution in [2.75, 3.05) is 12.4 Å². The number of aryl methyl sites for hydroxylation is 2. The van der Waals surface area contributed by atoms with Gasteiger partial charge in [0.2, 0.25) is 0 Å². The van der Waals surface area contributed by atoms with Gasteiger partial charge in [-0.3, -0.25) is 4.79 Å². The number of nitrogens with one attached hydrogen (secondary N) is 1. The Morgan fingerprint density at radius 1 is 1.07 bits per heavy atom. The molecule has 0 fully saturated rings. The molecule has 0 atom stereocenters. The van der Waals surface area contributed by atoms with Gasteiger partial charge >= 0.3 is 0 Å². The molecule has 2 aromatic carbocycles. The van der Waals surface area contributed by atoms with Crippen LogP contribution in [0.15, 0.2) is 42.5 Å². The standard InChI is InChI=1S/C21H21N3O4S/c1-13-8-14(2)10-15(9-13)21(25)22-20-18-11-29(26,27)12-19(18)23-24(20)16-4-6-17(28-3)7-5-16/h4-10H,11-12H2,1-3H3,(H,22,25). The number of anilines is 1. The molecule has 7 nitrogen and oxygen atoms in total. The monoisotopic (exact) mass is 411 g/mol. The number of methoxy groups -OCH3 is 1. The Hall–Kier alpha value is -3.13. The number of rotatable bonds is 4. The minimum absolute atomic E-state index is 0.127. The van der Waals surface area contributed by atoms with Crippen LogP contribution >= 0.6 is 0 Å². The Balaban J connectivity index is 1.77. The molecule has 2 heterocycles. The molecule has 0 unspecified atom stereocenters. The number of amides is 1. The zero-order chi connectivity index (χ0) is 20.8. The van der Waals surface area contributed by atoms with Crippen molar-refractivity contribution in [2.24, 2.45) is 0 Å². The summed E-state index contributed by atoms with van der Waals surface area (Å²) in [4.78, 5) is 12.9. The van der Waals surface area contributed by atoms with E-state index in [4.69, 9.17) is 4.74 Å². The van der Waals surface area contributed by atoms with E-state index in [9.17, 15) is 13.2 Å². The highest BCUT2D eigenvalue weighted by atomic mass is 32.2. The van der Waals surface area contributed by atoms with E-state index < -0.39 is 9.84 Å². The maximum Gasteiger partial charge on any atom is 0.256 e. The predicted molar refractivity (Wildman–Crippen MR) is 110 cm³/mol. The molecule has 0 saturated heterocycles. The summed E-state index contributed by atoms with van der Waals surface area (Å²) in [5.74, 6) is 0.504. The van der Waals surface area contributed by atoms with Gasteiger partial charge in [0.25, 0.3) is 5.91 Å². The van der Waals surface area contributed by atoms with Crippen molar-refractivity contribution in [3.05, 3.63) is 70.4 Å². The zero-order valence-electron chi connectivity index (χ0n) is 16.4. The number of aromatic nitrogens is 2. The highest BCUT2D eigenvalue weighted by molar-refractivity contribution is 7.90. The van der Waals surface area contributed by atoms with E-state index in [0.29, 0.717) is 34.1 Å². The molecule has 8 heteroatoms. The Morgan fingerprint density at radius 2 is 1.72 bits per heavy atom. The van der Waals surface area contributed by atoms with Crippen LogP contribution in [0.25, 0.3) is 5.69 Å². The second-order valence-electron chi connectivity index (χ2n) is 7.25. The van der Waals surface area contributed by atoms with E-state index in [2.05, 4.69) is 10.4 Å². The van der Waals surface area contributed by atoms with Crippen molar-refractivity contribution in [1.82, 2.24) is 9.78 Å². The van der Waals surface area contributed by atoms with Crippen molar-refractivity contribution in [3.63, 3.8) is 0 Å². The smallest absolute Gasteiger partial charge is 0.256 e. The summed E-state index contributed by atoms with van der Waals surface area (Å²) < 4.78 is 31.0. The van der Waals surface area contributed by atoms with Crippen LogP contribution in [0.3, 0.4) is 0 Å². The summed E-state index contributed by atoms with van der Waals surface area (Å²) in [5, 5.41) is 7.37. The lowest BCUT2D eigenvalue weighted by atomic mass is 10.1. The van der Waals surface area contributed by atoms with Crippen LogP contribution in [-0.2, 0) is 21.3 Å². The Morgan fingerprint density at radius 3 is 2.34 bits per heavy atom. The fourth-order valence-electron chi connectivity index (χ4n) is 3.57. The number of hydrogen-bond donors (Lipinski definition) is 1. The average Bonchev–Trinajstić information content (AvgIpc) is 3.13. The van der Waals surface area contributed by atoms with Gasteiger partial charge in [-0.05, 0) is 50.2 Å². The summed E-state index contributed by atoms with van der Waals surface area (Å²) in [6, 6.07) is 12.8. The van der Waals surface area contributed by atoms with Crippen LogP contribution in [0.1, 0.15) is 32.7 Å². The normalized spacial score (nSPS) is 14.4. The molecule has 0 bridgehead atoms. The predicted octanol–water partition coefficient (Wildman–Crippen LogP) is 3.18. The van der Waals surface area contributed by atoms with Gasteiger partial charge in [0, 0.05) is 11.1 Å². The van der Waals surface area contributed by atoms with E-state index in [-0.39, 0.29) is 17.4 Å². The molecule has 0 aliphatic carbocycles. The molecule has 1 aromatic heterocycles. The molecule has 1 aliphatic rings. The minimum atomic E-state index is -3.26. The van der Waals surface area contributed by atoms with Crippen molar-refractivity contribution in [2.45, 2.75) is 25.4 Å². The highest BCUT2D eigenvalue weighted by Crippen LogP contribution is 2.33. The molecular weight excluding hydrogens is 390 g/mol. The Labute approximate surface area is 169 Å². The molecule has 0 radical (unpaired) electrons. The second-order valence-corrected chi connectivity index (χ2v) is 9.31. The van der Waals surface area contributed by atoms with Crippen molar-refractivity contribution >= 4 is 21.6 Å². The molecule has 4 rings (SSSR count). The zero-order valence-corrected chi connectivity index (χ0v) is 17.2. The van der Waals surface area contributed by atoms with Crippen LogP contribution in [0.2, 0.25) is 0 Å². The van der Waals surface area contributed by atoms with Crippen LogP contribution in [0.4, 0.5) is 5.82 Å². The first-order chi connectivity index (χ1) is 13.8. The van der Waals surface area contributed by atoms with Crippen LogP contribution in [0, 0.1) is 13.8 Å². The van der Waals surface area contributed by atoms with E-state index in [0.717, 1.165) is 11.1 Å². The summed E-state index contributed by atoms with van der Waals surface area (Å²) in [6.45, 7) is 3.85. The first-order valence-electron chi connectivity index (χ1n) is 9.11. The van der Waals surface area contributed by atoms with Gasteiger partial charge in [0.1, 0.15) is 11.6 Å². The maximum absolute atomic E-state index is 12.9. The Kier molecular flexibility index (Phi) is 4.66. The molecule has 1 N–H and O–H groups in total. The third kappa shape index (κ3) is 3.75. The van der Waals surface area contributed by atoms with Gasteiger partial charge in [-0.2, -0.15) is 5.10 Å². The van der Waals surface area contributed by atoms with E-state index >= 15 is 0 Å². The highest BCUT2D eigenvalue weighted by Gasteiger charge is 2.33. The molecule has 1 amide bonds. The van der Waals surface area contributed by atoms with E-state index in [1.165, 1.54) is 0 Å². The Bertz CT molecular complexity index is 1190. The van der Waals surface area contributed by atoms with Gasteiger partial charge in [-0.15, -0.1) is 0 Å². The number of ether oxygens (including phenoxy) is 1. The van der Waals surface area contributed by atoms with Gasteiger partial charge in [0.15, 0.2) is 9.84 Å². The third-order valence-electron chi connectivity index (χ3n) is 4.82. The molecule has 150 valence electrons. The summed E-state index contributed by atoms with van der Waals surface area (Å²) >= 11 is 0. The van der Waals surface area contributed by atoms with Gasteiger partial charge in [-0.1, -0.05) is 17.2 Å². The van der Waals surface area contributed by atoms with Crippen molar-refractivity contribution < 1.29 is 17.9 Å². The number of carbonyl (C=O) groups is 1. The maximum atomic E-state index is 12.9. The van der Waals surface area contributed by atoms with Gasteiger partial charge < -0.3 is 10.1 Å². The molecular formula is C21H21N3O4S. The lowest BCUT2D eigenvalue weighted by molar-refractivity contribution is 0.102. The molecule has 29 heavy (non-hydrogen) atoms. The summed E-state index contributed by atoms with van der Waals surface area (Å²) in [7, 11) is -1.67. The average molecular weight is 411 g/mol. The number of fused-ring (bicyclic) bond motifs is 1.